The fourth-order valence-electron chi connectivity index (χ4n) is 3.26. The number of nitrogens with zero attached hydrogens (tertiary/aromatic N) is 6. The molecule has 0 radical (unpaired) electrons. The van der Waals surface area contributed by atoms with Crippen molar-refractivity contribution in [3.8, 4) is 0 Å². The predicted molar refractivity (Wildman–Crippen MR) is 77.2 cm³/mol. The Kier molecular flexibility index (Phi) is 4.42. The Morgan fingerprint density at radius 1 is 1.10 bits per heavy atom. The molecular formula is C14H24N6. The highest BCUT2D eigenvalue weighted by molar-refractivity contribution is 4.88. The second-order valence-electron chi connectivity index (χ2n) is 5.84. The standard InChI is InChI=1S/C14H24N6/c1-2-7-18-8-10-19(11-9-18)12-14-15-16-17-20(14)13-5-3-4-6-13/h2,13H,1,3-12H2. The van der Waals surface area contributed by atoms with Crippen LogP contribution < -0.4 is 0 Å². The van der Waals surface area contributed by atoms with E-state index in [1.807, 2.05) is 6.08 Å². The first kappa shape index (κ1) is 13.7. The normalized spacial score (nSPS) is 22.4. The Balaban J connectivity index is 1.56. The van der Waals surface area contributed by atoms with Crippen LogP contribution in [0.15, 0.2) is 12.7 Å². The van der Waals surface area contributed by atoms with Crippen molar-refractivity contribution in [2.45, 2.75) is 38.3 Å². The molecule has 1 aliphatic heterocycles. The highest BCUT2D eigenvalue weighted by Gasteiger charge is 2.23. The van der Waals surface area contributed by atoms with Crippen LogP contribution in [-0.4, -0.2) is 62.7 Å². The first-order valence-corrected chi connectivity index (χ1v) is 7.69. The van der Waals surface area contributed by atoms with Crippen molar-refractivity contribution in [2.24, 2.45) is 0 Å². The minimum absolute atomic E-state index is 0.530. The summed E-state index contributed by atoms with van der Waals surface area (Å²) in [5, 5.41) is 12.3. The van der Waals surface area contributed by atoms with Gasteiger partial charge in [0.2, 0.25) is 0 Å². The van der Waals surface area contributed by atoms with E-state index in [9.17, 15) is 0 Å². The summed E-state index contributed by atoms with van der Waals surface area (Å²) in [6, 6.07) is 0.530. The molecule has 110 valence electrons. The number of tetrazole rings is 1. The largest absolute Gasteiger partial charge is 0.297 e. The Bertz CT molecular complexity index is 429. The van der Waals surface area contributed by atoms with E-state index in [2.05, 4.69) is 36.6 Å². The van der Waals surface area contributed by atoms with Crippen LogP contribution in [0.3, 0.4) is 0 Å². The highest BCUT2D eigenvalue weighted by atomic mass is 15.6. The summed E-state index contributed by atoms with van der Waals surface area (Å²) < 4.78 is 2.07. The summed E-state index contributed by atoms with van der Waals surface area (Å²) in [6.45, 7) is 10.1. The highest BCUT2D eigenvalue weighted by Crippen LogP contribution is 2.29. The second kappa shape index (κ2) is 6.45. The molecule has 20 heavy (non-hydrogen) atoms. The van der Waals surface area contributed by atoms with Crippen LogP contribution in [0.5, 0.6) is 0 Å². The molecule has 1 saturated heterocycles. The molecule has 1 aliphatic carbocycles. The third-order valence-electron chi connectivity index (χ3n) is 4.45. The van der Waals surface area contributed by atoms with E-state index in [4.69, 9.17) is 0 Å². The van der Waals surface area contributed by atoms with Gasteiger partial charge in [0, 0.05) is 32.7 Å². The molecule has 1 aromatic heterocycles. The van der Waals surface area contributed by atoms with Crippen LogP contribution in [0.2, 0.25) is 0 Å². The average molecular weight is 276 g/mol. The molecule has 0 unspecified atom stereocenters. The van der Waals surface area contributed by atoms with E-state index in [0.717, 1.165) is 45.1 Å². The molecule has 3 rings (SSSR count). The predicted octanol–water partition coefficient (Wildman–Crippen LogP) is 1.09. The maximum absolute atomic E-state index is 4.24. The first-order valence-electron chi connectivity index (χ1n) is 7.69. The molecule has 1 saturated carbocycles. The van der Waals surface area contributed by atoms with Crippen molar-refractivity contribution in [1.29, 1.82) is 0 Å². The summed E-state index contributed by atoms with van der Waals surface area (Å²) in [4.78, 5) is 4.89. The van der Waals surface area contributed by atoms with Crippen LogP contribution in [0.1, 0.15) is 37.5 Å². The van der Waals surface area contributed by atoms with Crippen molar-refractivity contribution < 1.29 is 0 Å². The molecule has 0 amide bonds. The lowest BCUT2D eigenvalue weighted by molar-refractivity contribution is 0.132. The summed E-state index contributed by atoms with van der Waals surface area (Å²) in [6.07, 6.45) is 7.06. The zero-order chi connectivity index (χ0) is 13.8. The molecular weight excluding hydrogens is 252 g/mol. The smallest absolute Gasteiger partial charge is 0.165 e. The second-order valence-corrected chi connectivity index (χ2v) is 5.84. The van der Waals surface area contributed by atoms with E-state index < -0.39 is 0 Å². The van der Waals surface area contributed by atoms with Gasteiger partial charge in [0.05, 0.1) is 12.6 Å². The molecule has 6 nitrogen and oxygen atoms in total. The fourth-order valence-corrected chi connectivity index (χ4v) is 3.26. The number of rotatable bonds is 5. The van der Waals surface area contributed by atoms with Gasteiger partial charge < -0.3 is 0 Å². The Labute approximate surface area is 120 Å². The minimum atomic E-state index is 0.530. The van der Waals surface area contributed by atoms with Crippen LogP contribution in [0, 0.1) is 0 Å². The summed E-state index contributed by atoms with van der Waals surface area (Å²) in [7, 11) is 0. The van der Waals surface area contributed by atoms with E-state index in [1.54, 1.807) is 0 Å². The van der Waals surface area contributed by atoms with Crippen molar-refractivity contribution >= 4 is 0 Å². The fraction of sp³-hybridized carbons (Fsp3) is 0.786. The van der Waals surface area contributed by atoms with E-state index in [-0.39, 0.29) is 0 Å². The Hall–Kier alpha value is -1.27. The molecule has 1 aromatic rings. The quantitative estimate of drug-likeness (QED) is 0.754. The maximum atomic E-state index is 4.24. The van der Waals surface area contributed by atoms with E-state index >= 15 is 0 Å². The van der Waals surface area contributed by atoms with Crippen LogP contribution in [0.25, 0.3) is 0 Å². The zero-order valence-corrected chi connectivity index (χ0v) is 12.1. The molecule has 2 fully saturated rings. The summed E-state index contributed by atoms with van der Waals surface area (Å²) in [5.74, 6) is 1.04. The van der Waals surface area contributed by atoms with Crippen LogP contribution in [-0.2, 0) is 6.54 Å². The number of aromatic nitrogens is 4. The summed E-state index contributed by atoms with van der Waals surface area (Å²) in [5.41, 5.74) is 0. The zero-order valence-electron chi connectivity index (χ0n) is 12.1. The van der Waals surface area contributed by atoms with E-state index in [0.29, 0.717) is 6.04 Å². The van der Waals surface area contributed by atoms with Gasteiger partial charge in [0.25, 0.3) is 0 Å². The lowest BCUT2D eigenvalue weighted by atomic mass is 10.2. The van der Waals surface area contributed by atoms with Crippen LogP contribution >= 0.6 is 0 Å². The minimum Gasteiger partial charge on any atom is -0.297 e. The molecule has 2 heterocycles. The molecule has 2 aliphatic rings. The average Bonchev–Trinajstić information content (AvgIpc) is 3.12. The third kappa shape index (κ3) is 3.07. The van der Waals surface area contributed by atoms with Gasteiger partial charge in [-0.1, -0.05) is 18.9 Å². The molecule has 0 bridgehead atoms. The maximum Gasteiger partial charge on any atom is 0.165 e. The van der Waals surface area contributed by atoms with Crippen molar-refractivity contribution in [3.05, 3.63) is 18.5 Å². The summed E-state index contributed by atoms with van der Waals surface area (Å²) >= 11 is 0. The SMILES string of the molecule is C=CCN1CCN(Cc2nnnn2C2CCCC2)CC1. The molecule has 0 N–H and O–H groups in total. The monoisotopic (exact) mass is 276 g/mol. The van der Waals surface area contributed by atoms with Gasteiger partial charge >= 0.3 is 0 Å². The van der Waals surface area contributed by atoms with Crippen molar-refractivity contribution in [1.82, 2.24) is 30.0 Å². The van der Waals surface area contributed by atoms with E-state index in [1.165, 1.54) is 25.7 Å². The van der Waals surface area contributed by atoms with Crippen LogP contribution in [0.4, 0.5) is 0 Å². The number of piperazine rings is 1. The molecule has 0 aromatic carbocycles. The van der Waals surface area contributed by atoms with Gasteiger partial charge in [0.15, 0.2) is 5.82 Å². The Morgan fingerprint density at radius 3 is 2.50 bits per heavy atom. The Morgan fingerprint density at radius 2 is 1.80 bits per heavy atom. The molecule has 0 atom stereocenters. The van der Waals surface area contributed by atoms with Gasteiger partial charge in [-0.15, -0.1) is 11.7 Å². The van der Waals surface area contributed by atoms with Gasteiger partial charge in [-0.05, 0) is 23.3 Å². The lowest BCUT2D eigenvalue weighted by Gasteiger charge is -2.33. The van der Waals surface area contributed by atoms with Crippen molar-refractivity contribution in [3.63, 3.8) is 0 Å². The molecule has 0 spiro atoms. The molecule has 6 heteroatoms. The lowest BCUT2D eigenvalue weighted by Crippen LogP contribution is -2.46. The third-order valence-corrected chi connectivity index (χ3v) is 4.45. The van der Waals surface area contributed by atoms with Gasteiger partial charge in [-0.3, -0.25) is 9.80 Å². The van der Waals surface area contributed by atoms with Gasteiger partial charge in [-0.2, -0.15) is 0 Å². The van der Waals surface area contributed by atoms with Gasteiger partial charge in [-0.25, -0.2) is 4.68 Å². The number of hydrogen-bond donors (Lipinski definition) is 0. The topological polar surface area (TPSA) is 50.1 Å². The first-order chi connectivity index (χ1) is 9.86. The number of hydrogen-bond acceptors (Lipinski definition) is 5. The van der Waals surface area contributed by atoms with Gasteiger partial charge in [0.1, 0.15) is 0 Å². The van der Waals surface area contributed by atoms with Crippen molar-refractivity contribution in [2.75, 3.05) is 32.7 Å².